The van der Waals surface area contributed by atoms with E-state index in [-0.39, 0.29) is 0 Å². The first-order chi connectivity index (χ1) is 11.3. The van der Waals surface area contributed by atoms with Crippen LogP contribution >= 0.6 is 12.2 Å². The second-order valence-corrected chi connectivity index (χ2v) is 5.96. The lowest BCUT2D eigenvalue weighted by Crippen LogP contribution is -2.42. The van der Waals surface area contributed by atoms with Gasteiger partial charge in [-0.25, -0.2) is 0 Å². The second-order valence-electron chi connectivity index (χ2n) is 5.55. The summed E-state index contributed by atoms with van der Waals surface area (Å²) in [5.74, 6) is 1.56. The van der Waals surface area contributed by atoms with Crippen LogP contribution < -0.4 is 20.1 Å². The Morgan fingerprint density at radius 1 is 1.09 bits per heavy atom. The second kappa shape index (κ2) is 8.33. The SMILES string of the molecule is S=C(NCCN1CCOCC1)Nc1ccc2c(c1)OCCCO2. The predicted octanol–water partition coefficient (Wildman–Crippen LogP) is 1.47. The lowest BCUT2D eigenvalue weighted by atomic mass is 10.3. The van der Waals surface area contributed by atoms with Crippen LogP contribution in [0.3, 0.4) is 0 Å². The number of morpholine rings is 1. The van der Waals surface area contributed by atoms with Gasteiger partial charge in [-0.2, -0.15) is 0 Å². The molecular formula is C16H23N3O3S. The maximum absolute atomic E-state index is 5.68. The van der Waals surface area contributed by atoms with Gasteiger partial charge in [-0.05, 0) is 24.4 Å². The Kier molecular flexibility index (Phi) is 5.90. The summed E-state index contributed by atoms with van der Waals surface area (Å²) in [5.41, 5.74) is 0.901. The number of nitrogens with zero attached hydrogens (tertiary/aromatic N) is 1. The summed E-state index contributed by atoms with van der Waals surface area (Å²) >= 11 is 5.35. The Bertz CT molecular complexity index is 535. The number of hydrogen-bond acceptors (Lipinski definition) is 5. The van der Waals surface area contributed by atoms with Crippen LogP contribution in [0.15, 0.2) is 18.2 Å². The van der Waals surface area contributed by atoms with Crippen molar-refractivity contribution < 1.29 is 14.2 Å². The largest absolute Gasteiger partial charge is 0.490 e. The predicted molar refractivity (Wildman–Crippen MR) is 93.5 cm³/mol. The average molecular weight is 337 g/mol. The fourth-order valence-electron chi connectivity index (χ4n) is 2.57. The van der Waals surface area contributed by atoms with Gasteiger partial charge >= 0.3 is 0 Å². The van der Waals surface area contributed by atoms with Gasteiger partial charge in [0.2, 0.25) is 0 Å². The van der Waals surface area contributed by atoms with Gasteiger partial charge in [0.05, 0.1) is 26.4 Å². The van der Waals surface area contributed by atoms with Gasteiger partial charge in [-0.1, -0.05) is 0 Å². The molecule has 0 bridgehead atoms. The number of hydrogen-bond donors (Lipinski definition) is 2. The van der Waals surface area contributed by atoms with Crippen LogP contribution in [0.5, 0.6) is 11.5 Å². The van der Waals surface area contributed by atoms with Crippen molar-refractivity contribution in [3.8, 4) is 11.5 Å². The molecule has 3 rings (SSSR count). The molecule has 1 saturated heterocycles. The van der Waals surface area contributed by atoms with E-state index in [1.165, 1.54) is 0 Å². The van der Waals surface area contributed by atoms with E-state index in [2.05, 4.69) is 15.5 Å². The molecule has 0 atom stereocenters. The Balaban J connectivity index is 1.45. The zero-order valence-electron chi connectivity index (χ0n) is 13.2. The molecule has 1 aromatic carbocycles. The summed E-state index contributed by atoms with van der Waals surface area (Å²) in [6.07, 6.45) is 0.902. The van der Waals surface area contributed by atoms with E-state index in [0.717, 1.165) is 63.0 Å². The number of nitrogens with one attached hydrogen (secondary N) is 2. The van der Waals surface area contributed by atoms with Gasteiger partial charge < -0.3 is 24.8 Å². The molecule has 0 spiro atoms. The molecule has 126 valence electrons. The lowest BCUT2D eigenvalue weighted by Gasteiger charge is -2.26. The Morgan fingerprint density at radius 2 is 1.87 bits per heavy atom. The molecule has 0 unspecified atom stereocenters. The minimum Gasteiger partial charge on any atom is -0.490 e. The molecule has 0 aromatic heterocycles. The minimum absolute atomic E-state index is 0.618. The third-order valence-electron chi connectivity index (χ3n) is 3.82. The molecule has 2 aliphatic rings. The van der Waals surface area contributed by atoms with Crippen molar-refractivity contribution in [3.05, 3.63) is 18.2 Å². The van der Waals surface area contributed by atoms with Crippen LogP contribution in [0.25, 0.3) is 0 Å². The van der Waals surface area contributed by atoms with Crippen molar-refractivity contribution in [3.63, 3.8) is 0 Å². The molecule has 0 radical (unpaired) electrons. The van der Waals surface area contributed by atoms with Crippen LogP contribution in [0.2, 0.25) is 0 Å². The highest BCUT2D eigenvalue weighted by molar-refractivity contribution is 7.80. The third kappa shape index (κ3) is 4.95. The van der Waals surface area contributed by atoms with E-state index in [4.69, 9.17) is 26.4 Å². The number of thiocarbonyl (C=S) groups is 1. The van der Waals surface area contributed by atoms with Crippen LogP contribution in [0, 0.1) is 0 Å². The zero-order chi connectivity index (χ0) is 15.9. The molecule has 2 N–H and O–H groups in total. The highest BCUT2D eigenvalue weighted by atomic mass is 32.1. The number of rotatable bonds is 4. The molecule has 23 heavy (non-hydrogen) atoms. The highest BCUT2D eigenvalue weighted by Gasteiger charge is 2.12. The van der Waals surface area contributed by atoms with E-state index in [1.54, 1.807) is 0 Å². The van der Waals surface area contributed by atoms with E-state index < -0.39 is 0 Å². The van der Waals surface area contributed by atoms with E-state index >= 15 is 0 Å². The summed E-state index contributed by atoms with van der Waals surface area (Å²) in [6, 6.07) is 5.79. The Hall–Kier alpha value is -1.57. The molecule has 0 saturated carbocycles. The van der Waals surface area contributed by atoms with Crippen LogP contribution in [-0.4, -0.2) is 62.6 Å². The van der Waals surface area contributed by atoms with Crippen molar-refractivity contribution in [2.75, 3.05) is 57.9 Å². The monoisotopic (exact) mass is 337 g/mol. The van der Waals surface area contributed by atoms with Crippen molar-refractivity contribution in [2.24, 2.45) is 0 Å². The topological polar surface area (TPSA) is 55.0 Å². The molecule has 2 heterocycles. The lowest BCUT2D eigenvalue weighted by molar-refractivity contribution is 0.0389. The Morgan fingerprint density at radius 3 is 2.70 bits per heavy atom. The fourth-order valence-corrected chi connectivity index (χ4v) is 2.79. The fraction of sp³-hybridized carbons (Fsp3) is 0.562. The molecule has 7 heteroatoms. The maximum atomic E-state index is 5.68. The first-order valence-corrected chi connectivity index (χ1v) is 8.47. The number of fused-ring (bicyclic) bond motifs is 1. The molecule has 1 fully saturated rings. The zero-order valence-corrected chi connectivity index (χ0v) is 14.0. The summed E-state index contributed by atoms with van der Waals surface area (Å²) < 4.78 is 16.6. The van der Waals surface area contributed by atoms with E-state index in [0.29, 0.717) is 18.3 Å². The standard InChI is InChI=1S/C16H23N3O3S/c23-16(17-4-5-19-6-10-20-11-7-19)18-13-2-3-14-15(12-13)22-9-1-8-21-14/h2-3,12H,1,4-11H2,(H2,17,18,23). The van der Waals surface area contributed by atoms with Crippen molar-refractivity contribution in [2.45, 2.75) is 6.42 Å². The van der Waals surface area contributed by atoms with Gasteiger partial charge in [-0.15, -0.1) is 0 Å². The van der Waals surface area contributed by atoms with Gasteiger partial charge in [0.15, 0.2) is 16.6 Å². The van der Waals surface area contributed by atoms with E-state index in [1.807, 2.05) is 18.2 Å². The molecule has 0 aliphatic carbocycles. The minimum atomic E-state index is 0.618. The maximum Gasteiger partial charge on any atom is 0.170 e. The summed E-state index contributed by atoms with van der Waals surface area (Å²) in [4.78, 5) is 2.37. The van der Waals surface area contributed by atoms with E-state index in [9.17, 15) is 0 Å². The first-order valence-electron chi connectivity index (χ1n) is 8.06. The highest BCUT2D eigenvalue weighted by Crippen LogP contribution is 2.32. The molecular weight excluding hydrogens is 314 g/mol. The quantitative estimate of drug-likeness (QED) is 0.807. The van der Waals surface area contributed by atoms with Gasteiger partial charge in [-0.3, -0.25) is 4.90 Å². The van der Waals surface area contributed by atoms with Crippen molar-refractivity contribution >= 4 is 23.0 Å². The van der Waals surface area contributed by atoms with Crippen molar-refractivity contribution in [1.29, 1.82) is 0 Å². The summed E-state index contributed by atoms with van der Waals surface area (Å²) in [5, 5.41) is 7.05. The van der Waals surface area contributed by atoms with Crippen LogP contribution in [0.4, 0.5) is 5.69 Å². The average Bonchev–Trinajstić information content (AvgIpc) is 2.81. The number of benzene rings is 1. The first kappa shape index (κ1) is 16.3. The van der Waals surface area contributed by atoms with Gasteiger partial charge in [0.1, 0.15) is 0 Å². The third-order valence-corrected chi connectivity index (χ3v) is 4.07. The van der Waals surface area contributed by atoms with Gasteiger partial charge in [0, 0.05) is 44.4 Å². The van der Waals surface area contributed by atoms with Crippen LogP contribution in [-0.2, 0) is 4.74 Å². The normalized spacial score (nSPS) is 18.1. The summed E-state index contributed by atoms with van der Waals surface area (Å²) in [6.45, 7) is 6.77. The molecule has 6 nitrogen and oxygen atoms in total. The number of anilines is 1. The Labute approximate surface area is 142 Å². The smallest absolute Gasteiger partial charge is 0.170 e. The molecule has 0 amide bonds. The molecule has 2 aliphatic heterocycles. The molecule has 1 aromatic rings. The van der Waals surface area contributed by atoms with Gasteiger partial charge in [0.25, 0.3) is 0 Å². The van der Waals surface area contributed by atoms with Crippen LogP contribution in [0.1, 0.15) is 6.42 Å². The van der Waals surface area contributed by atoms with Crippen molar-refractivity contribution in [1.82, 2.24) is 10.2 Å². The summed E-state index contributed by atoms with van der Waals surface area (Å²) in [7, 11) is 0. The number of ether oxygens (including phenoxy) is 3.